The molecule has 0 amide bonds. The molecule has 2 heterocycles. The van der Waals surface area contributed by atoms with Crippen LogP contribution in [0.2, 0.25) is 0 Å². The minimum absolute atomic E-state index is 0.250. The molecule has 0 aliphatic carbocycles. The van der Waals surface area contributed by atoms with E-state index in [1.165, 1.54) is 19.4 Å². The molecule has 1 saturated heterocycles. The van der Waals surface area contributed by atoms with E-state index >= 15 is 0 Å². The molecule has 0 aromatic carbocycles. The smallest absolute Gasteiger partial charge is 0.330 e. The van der Waals surface area contributed by atoms with Gasteiger partial charge in [-0.3, -0.25) is 14.3 Å². The summed E-state index contributed by atoms with van der Waals surface area (Å²) in [4.78, 5) is 24.9. The van der Waals surface area contributed by atoms with E-state index in [9.17, 15) is 14.0 Å². The Hall–Kier alpha value is -1.47. The van der Waals surface area contributed by atoms with E-state index in [1.807, 2.05) is 6.92 Å². The van der Waals surface area contributed by atoms with Crippen LogP contribution >= 0.6 is 0 Å². The number of aromatic amines is 1. The quantitative estimate of drug-likeness (QED) is 0.890. The fourth-order valence-corrected chi connectivity index (χ4v) is 2.70. The zero-order valence-electron chi connectivity index (χ0n) is 11.8. The molecule has 1 fully saturated rings. The van der Waals surface area contributed by atoms with Crippen molar-refractivity contribution in [1.82, 2.24) is 9.55 Å². The highest BCUT2D eigenvalue weighted by Crippen LogP contribution is 2.44. The molecule has 0 spiro atoms. The SMILES string of the molecule is CC[C@@]1(COC)O[C@@H](n2ccc(=O)[nH]c2=O)[C@H](F)[C@@H]1C. The Morgan fingerprint density at radius 3 is 2.80 bits per heavy atom. The largest absolute Gasteiger partial charge is 0.382 e. The Morgan fingerprint density at radius 1 is 1.55 bits per heavy atom. The summed E-state index contributed by atoms with van der Waals surface area (Å²) in [6, 6.07) is 1.17. The van der Waals surface area contributed by atoms with Gasteiger partial charge < -0.3 is 9.47 Å². The van der Waals surface area contributed by atoms with Gasteiger partial charge in [0.05, 0.1) is 12.2 Å². The highest BCUT2D eigenvalue weighted by atomic mass is 19.1. The molecule has 6 nitrogen and oxygen atoms in total. The van der Waals surface area contributed by atoms with Gasteiger partial charge in [-0.05, 0) is 6.42 Å². The second kappa shape index (κ2) is 5.49. The van der Waals surface area contributed by atoms with E-state index in [0.717, 1.165) is 4.57 Å². The molecular formula is C13H19FN2O4. The van der Waals surface area contributed by atoms with Crippen molar-refractivity contribution in [2.24, 2.45) is 5.92 Å². The van der Waals surface area contributed by atoms with E-state index in [2.05, 4.69) is 4.98 Å². The minimum Gasteiger partial charge on any atom is -0.382 e. The van der Waals surface area contributed by atoms with Crippen molar-refractivity contribution in [2.75, 3.05) is 13.7 Å². The molecule has 0 saturated carbocycles. The summed E-state index contributed by atoms with van der Waals surface area (Å²) in [5.41, 5.74) is -1.97. The number of halogens is 1. The maximum absolute atomic E-state index is 14.5. The fraction of sp³-hybridized carbons (Fsp3) is 0.692. The highest BCUT2D eigenvalue weighted by molar-refractivity contribution is 4.99. The lowest BCUT2D eigenvalue weighted by molar-refractivity contribution is -0.122. The second-order valence-corrected chi connectivity index (χ2v) is 5.11. The molecule has 1 aromatic rings. The van der Waals surface area contributed by atoms with E-state index in [1.54, 1.807) is 6.92 Å². The maximum atomic E-state index is 14.5. The first kappa shape index (κ1) is 14.9. The Kier molecular flexibility index (Phi) is 4.10. The lowest BCUT2D eigenvalue weighted by Gasteiger charge is -2.30. The molecule has 0 radical (unpaired) electrons. The second-order valence-electron chi connectivity index (χ2n) is 5.11. The van der Waals surface area contributed by atoms with Crippen molar-refractivity contribution in [3.8, 4) is 0 Å². The summed E-state index contributed by atoms with van der Waals surface area (Å²) in [7, 11) is 1.53. The predicted molar refractivity (Wildman–Crippen MR) is 70.4 cm³/mol. The summed E-state index contributed by atoms with van der Waals surface area (Å²) in [5, 5.41) is 0. The van der Waals surface area contributed by atoms with E-state index in [4.69, 9.17) is 9.47 Å². The van der Waals surface area contributed by atoms with Crippen molar-refractivity contribution >= 4 is 0 Å². The van der Waals surface area contributed by atoms with Crippen molar-refractivity contribution in [3.63, 3.8) is 0 Å². The first-order valence-corrected chi connectivity index (χ1v) is 6.57. The van der Waals surface area contributed by atoms with Gasteiger partial charge in [-0.25, -0.2) is 9.18 Å². The molecule has 0 bridgehead atoms. The summed E-state index contributed by atoms with van der Waals surface area (Å²) in [6.07, 6.45) is -0.584. The van der Waals surface area contributed by atoms with Crippen LogP contribution < -0.4 is 11.2 Å². The van der Waals surface area contributed by atoms with Crippen LogP contribution in [0.25, 0.3) is 0 Å². The van der Waals surface area contributed by atoms with Gasteiger partial charge in [-0.2, -0.15) is 0 Å². The van der Waals surface area contributed by atoms with Crippen LogP contribution in [0, 0.1) is 5.92 Å². The number of ether oxygens (including phenoxy) is 2. The first-order valence-electron chi connectivity index (χ1n) is 6.57. The standard InChI is InChI=1S/C13H19FN2O4/c1-4-13(7-19-3)8(2)10(14)11(20-13)16-6-5-9(17)15-12(16)18/h5-6,8,10-11H,4,7H2,1-3H3,(H,15,17,18)/t8-,10+,11+,13-/m0/s1. The van der Waals surface area contributed by atoms with Gasteiger partial charge >= 0.3 is 5.69 Å². The Morgan fingerprint density at radius 2 is 2.25 bits per heavy atom. The summed E-state index contributed by atoms with van der Waals surface area (Å²) in [6.45, 7) is 3.88. The monoisotopic (exact) mass is 286 g/mol. The van der Waals surface area contributed by atoms with E-state index < -0.39 is 35.2 Å². The molecule has 0 unspecified atom stereocenters. The van der Waals surface area contributed by atoms with Gasteiger partial charge in [0.2, 0.25) is 0 Å². The zero-order chi connectivity index (χ0) is 14.9. The van der Waals surface area contributed by atoms with Gasteiger partial charge in [0.15, 0.2) is 12.4 Å². The molecule has 1 N–H and O–H groups in total. The molecule has 7 heteroatoms. The molecule has 4 atom stereocenters. The van der Waals surface area contributed by atoms with Crippen molar-refractivity contribution < 1.29 is 13.9 Å². The number of rotatable bonds is 4. The van der Waals surface area contributed by atoms with Gasteiger partial charge in [0.25, 0.3) is 5.56 Å². The van der Waals surface area contributed by atoms with Gasteiger partial charge in [-0.15, -0.1) is 0 Å². The molecule has 1 aliphatic heterocycles. The van der Waals surface area contributed by atoms with Gasteiger partial charge in [0, 0.05) is 25.3 Å². The average Bonchev–Trinajstić information content (AvgIpc) is 2.65. The minimum atomic E-state index is -1.35. The van der Waals surface area contributed by atoms with Crippen LogP contribution in [0.1, 0.15) is 26.5 Å². The molecule has 20 heavy (non-hydrogen) atoms. The van der Waals surface area contributed by atoms with Crippen LogP contribution in [0.15, 0.2) is 21.9 Å². The molecule has 2 rings (SSSR count). The fourth-order valence-electron chi connectivity index (χ4n) is 2.70. The third kappa shape index (κ3) is 2.31. The maximum Gasteiger partial charge on any atom is 0.330 e. The van der Waals surface area contributed by atoms with Crippen LogP contribution in [0.5, 0.6) is 0 Å². The molecule has 1 aromatic heterocycles. The third-order valence-corrected chi connectivity index (χ3v) is 4.05. The van der Waals surface area contributed by atoms with Gasteiger partial charge in [0.1, 0.15) is 0 Å². The Labute approximate surface area is 115 Å². The lowest BCUT2D eigenvalue weighted by Crippen LogP contribution is -2.40. The van der Waals surface area contributed by atoms with Crippen molar-refractivity contribution in [1.29, 1.82) is 0 Å². The van der Waals surface area contributed by atoms with Crippen LogP contribution in [0.4, 0.5) is 4.39 Å². The summed E-state index contributed by atoms with van der Waals surface area (Å²) < 4.78 is 26.5. The molecule has 112 valence electrons. The van der Waals surface area contributed by atoms with Crippen molar-refractivity contribution in [2.45, 2.75) is 38.3 Å². The number of alkyl halides is 1. The average molecular weight is 286 g/mol. The first-order chi connectivity index (χ1) is 9.45. The lowest BCUT2D eigenvalue weighted by atomic mass is 9.86. The number of nitrogens with one attached hydrogen (secondary N) is 1. The summed E-state index contributed by atoms with van der Waals surface area (Å²) in [5.74, 6) is -0.420. The van der Waals surface area contributed by atoms with E-state index in [-0.39, 0.29) is 6.61 Å². The number of H-pyrrole nitrogens is 1. The molecule has 1 aliphatic rings. The number of nitrogens with zero attached hydrogens (tertiary/aromatic N) is 1. The zero-order valence-corrected chi connectivity index (χ0v) is 11.8. The number of hydrogen-bond donors (Lipinski definition) is 1. The van der Waals surface area contributed by atoms with Crippen molar-refractivity contribution in [3.05, 3.63) is 33.1 Å². The predicted octanol–water partition coefficient (Wildman–Crippen LogP) is 0.835. The highest BCUT2D eigenvalue weighted by Gasteiger charge is 2.53. The Balaban J connectivity index is 2.39. The molecular weight excluding hydrogens is 267 g/mol. The normalized spacial score (nSPS) is 33.5. The van der Waals surface area contributed by atoms with Crippen LogP contribution in [-0.4, -0.2) is 35.0 Å². The van der Waals surface area contributed by atoms with E-state index in [0.29, 0.717) is 6.42 Å². The van der Waals surface area contributed by atoms with Gasteiger partial charge in [-0.1, -0.05) is 13.8 Å². The number of methoxy groups -OCH3 is 1. The van der Waals surface area contributed by atoms with Crippen LogP contribution in [0.3, 0.4) is 0 Å². The van der Waals surface area contributed by atoms with Crippen LogP contribution in [-0.2, 0) is 9.47 Å². The number of aromatic nitrogens is 2. The Bertz CT molecular complexity index is 584. The third-order valence-electron chi connectivity index (χ3n) is 4.05. The number of hydrogen-bond acceptors (Lipinski definition) is 4. The topological polar surface area (TPSA) is 73.3 Å². The summed E-state index contributed by atoms with van der Waals surface area (Å²) >= 11 is 0.